The zero-order valence-electron chi connectivity index (χ0n) is 9.42. The minimum atomic E-state index is -2.37. The molecule has 0 N–H and O–H groups in total. The van der Waals surface area contributed by atoms with Crippen molar-refractivity contribution in [2.24, 2.45) is 5.92 Å². The molecule has 7 heteroatoms. The van der Waals surface area contributed by atoms with Gasteiger partial charge in [-0.25, -0.2) is 0 Å². The fraction of sp³-hybridized carbons (Fsp3) is 0.714. The summed E-state index contributed by atoms with van der Waals surface area (Å²) in [6.45, 7) is 0. The van der Waals surface area contributed by atoms with Crippen molar-refractivity contribution >= 4 is 30.3 Å². The van der Waals surface area contributed by atoms with Gasteiger partial charge in [0.1, 0.15) is 0 Å². The van der Waals surface area contributed by atoms with E-state index >= 15 is 0 Å². The van der Waals surface area contributed by atoms with Gasteiger partial charge in [0.15, 0.2) is 0 Å². The monoisotopic (exact) mass is 358 g/mol. The molecule has 0 bridgehead atoms. The molecule has 0 aromatic rings. The molecule has 0 aliphatic heterocycles. The van der Waals surface area contributed by atoms with Gasteiger partial charge in [-0.05, 0) is 0 Å². The quantitative estimate of drug-likeness (QED) is 0.370. The van der Waals surface area contributed by atoms with Gasteiger partial charge in [-0.3, -0.25) is 0 Å². The summed E-state index contributed by atoms with van der Waals surface area (Å²) in [7, 11) is 0. The van der Waals surface area contributed by atoms with Gasteiger partial charge in [0.2, 0.25) is 0 Å². The van der Waals surface area contributed by atoms with Gasteiger partial charge in [0.25, 0.3) is 0 Å². The Bertz CT molecular complexity index is 188. The molecule has 0 atom stereocenters. The SMILES string of the molecule is [CH3][Sn]([CH3])([CH3])[CH2]C(C(=O)[O-])C(=O)[O-].[K+].[K+]. The number of carbonyl (C=O) groups is 2. The van der Waals surface area contributed by atoms with E-state index in [1.807, 2.05) is 14.8 Å². The van der Waals surface area contributed by atoms with Crippen LogP contribution in [0, 0.1) is 5.92 Å². The largest absolute Gasteiger partial charge is 1.00 e. The second-order valence-electron chi connectivity index (χ2n) is 3.96. The van der Waals surface area contributed by atoms with Gasteiger partial charge >= 0.3 is 178 Å². The first-order chi connectivity index (χ1) is 5.24. The normalized spacial score (nSPS) is 10.0. The fourth-order valence-corrected chi connectivity index (χ4v) is 5.32. The Kier molecular flexibility index (Phi) is 15.8. The van der Waals surface area contributed by atoms with E-state index in [0.717, 1.165) is 0 Å². The van der Waals surface area contributed by atoms with Crippen molar-refractivity contribution in [1.29, 1.82) is 0 Å². The molecule has 0 fully saturated rings. The van der Waals surface area contributed by atoms with Crippen molar-refractivity contribution in [3.05, 3.63) is 0 Å². The molecule has 0 aromatic heterocycles. The maximum Gasteiger partial charge on any atom is 1.00 e. The first-order valence-electron chi connectivity index (χ1n) is 3.66. The Morgan fingerprint density at radius 3 is 1.43 bits per heavy atom. The van der Waals surface area contributed by atoms with Gasteiger partial charge in [-0.1, -0.05) is 0 Å². The zero-order chi connectivity index (χ0) is 9.94. The van der Waals surface area contributed by atoms with Crippen LogP contribution in [-0.2, 0) is 9.59 Å². The molecule has 0 unspecified atom stereocenters. The molecule has 0 radical (unpaired) electrons. The van der Waals surface area contributed by atoms with E-state index in [1.54, 1.807) is 0 Å². The molecule has 0 aromatic carbocycles. The Morgan fingerprint density at radius 1 is 1.07 bits per heavy atom. The van der Waals surface area contributed by atoms with Gasteiger partial charge in [-0.2, -0.15) is 0 Å². The van der Waals surface area contributed by atoms with Crippen molar-refractivity contribution in [1.82, 2.24) is 0 Å². The summed E-state index contributed by atoms with van der Waals surface area (Å²) >= 11 is -2.37. The van der Waals surface area contributed by atoms with Crippen LogP contribution in [0.1, 0.15) is 0 Å². The number of carboxylic acids is 2. The fourth-order valence-electron chi connectivity index (χ4n) is 0.875. The van der Waals surface area contributed by atoms with Crippen LogP contribution in [-0.4, -0.2) is 30.3 Å². The summed E-state index contributed by atoms with van der Waals surface area (Å²) in [6, 6.07) is 0. The Labute approximate surface area is 173 Å². The van der Waals surface area contributed by atoms with E-state index in [-0.39, 0.29) is 107 Å². The van der Waals surface area contributed by atoms with Crippen LogP contribution in [0.3, 0.4) is 0 Å². The molecule has 14 heavy (non-hydrogen) atoms. The Balaban J connectivity index is -0.000000605. The molecule has 0 rings (SSSR count). The molecule has 0 amide bonds. The molecule has 0 spiro atoms. The number of carboxylic acid groups (broad SMARTS) is 2. The van der Waals surface area contributed by atoms with E-state index in [4.69, 9.17) is 0 Å². The third kappa shape index (κ3) is 11.5. The summed E-state index contributed by atoms with van der Waals surface area (Å²) < 4.78 is 0.235. The first-order valence-corrected chi connectivity index (χ1v) is 14.2. The van der Waals surface area contributed by atoms with Crippen molar-refractivity contribution < 1.29 is 123 Å². The number of hydrogen-bond donors (Lipinski definition) is 0. The summed E-state index contributed by atoms with van der Waals surface area (Å²) in [4.78, 5) is 26.5. The van der Waals surface area contributed by atoms with E-state index in [0.29, 0.717) is 0 Å². The second-order valence-corrected chi connectivity index (χ2v) is 19.7. The molecule has 0 saturated heterocycles. The maximum absolute atomic E-state index is 10.3. The topological polar surface area (TPSA) is 80.3 Å². The Morgan fingerprint density at radius 2 is 1.36 bits per heavy atom. The van der Waals surface area contributed by atoms with Crippen molar-refractivity contribution in [2.45, 2.75) is 19.3 Å². The van der Waals surface area contributed by atoms with Crippen LogP contribution >= 0.6 is 0 Å². The summed E-state index contributed by atoms with van der Waals surface area (Å²) in [5.41, 5.74) is 0. The van der Waals surface area contributed by atoms with E-state index in [2.05, 4.69) is 0 Å². The molecule has 0 aliphatic rings. The van der Waals surface area contributed by atoms with Gasteiger partial charge < -0.3 is 0 Å². The predicted octanol–water partition coefficient (Wildman–Crippen LogP) is -7.55. The average Bonchev–Trinajstić information content (AvgIpc) is 1.79. The van der Waals surface area contributed by atoms with Crippen LogP contribution in [0.25, 0.3) is 0 Å². The van der Waals surface area contributed by atoms with Crippen molar-refractivity contribution in [3.63, 3.8) is 0 Å². The minimum Gasteiger partial charge on any atom is 1.00 e. The first kappa shape index (κ1) is 22.2. The standard InChI is InChI=1S/C4H5O4.3CH3.2K.Sn/c1-2(3(5)6)4(7)8;;;;;;/h2H,1H2,(H,5,6)(H,7,8);3*1H3;;;/q;;;;2*+1;/p-2. The molecule has 0 heterocycles. The van der Waals surface area contributed by atoms with Gasteiger partial charge in [0, 0.05) is 0 Å². The number of aliphatic carboxylic acids is 2. The van der Waals surface area contributed by atoms with Crippen LogP contribution in [0.5, 0.6) is 0 Å². The van der Waals surface area contributed by atoms with E-state index in [1.165, 1.54) is 0 Å². The summed E-state index contributed by atoms with van der Waals surface area (Å²) in [5.74, 6) is -4.47. The Hall–Kier alpha value is 3.01. The van der Waals surface area contributed by atoms with Gasteiger partial charge in [-0.15, -0.1) is 0 Å². The third-order valence-corrected chi connectivity index (χ3v) is 6.05. The third-order valence-electron chi connectivity index (χ3n) is 1.39. The predicted molar refractivity (Wildman–Crippen MR) is 41.7 cm³/mol. The average molecular weight is 357 g/mol. The number of carbonyl (C=O) groups excluding carboxylic acids is 2. The van der Waals surface area contributed by atoms with Crippen molar-refractivity contribution in [3.8, 4) is 0 Å². The second kappa shape index (κ2) is 9.98. The van der Waals surface area contributed by atoms with Crippen LogP contribution in [0.2, 0.25) is 19.3 Å². The number of rotatable bonds is 4. The van der Waals surface area contributed by atoms with Crippen LogP contribution in [0.15, 0.2) is 0 Å². The van der Waals surface area contributed by atoms with Crippen LogP contribution in [0.4, 0.5) is 0 Å². The van der Waals surface area contributed by atoms with E-state index in [9.17, 15) is 19.8 Å². The van der Waals surface area contributed by atoms with Crippen molar-refractivity contribution in [2.75, 3.05) is 0 Å². The smallest absolute Gasteiger partial charge is 1.00 e. The molecule has 0 aliphatic carbocycles. The van der Waals surface area contributed by atoms with E-state index < -0.39 is 36.2 Å². The van der Waals surface area contributed by atoms with Gasteiger partial charge in [0.05, 0.1) is 0 Å². The summed E-state index contributed by atoms with van der Waals surface area (Å²) in [6.07, 6.45) is 0. The summed E-state index contributed by atoms with van der Waals surface area (Å²) in [5, 5.41) is 20.6. The maximum atomic E-state index is 10.3. The zero-order valence-corrected chi connectivity index (χ0v) is 18.5. The number of hydrogen-bond acceptors (Lipinski definition) is 4. The molecule has 4 nitrogen and oxygen atoms in total. The minimum absolute atomic E-state index is 0. The molecular formula is C7H12K2O4Sn. The molecular weight excluding hydrogens is 345 g/mol. The van der Waals surface area contributed by atoms with Crippen LogP contribution < -0.4 is 113 Å². The molecule has 70 valence electrons. The molecule has 0 saturated carbocycles.